The molecule has 1 saturated carbocycles. The van der Waals surface area contributed by atoms with Gasteiger partial charge in [-0.25, -0.2) is 0 Å². The molecular weight excluding hydrogens is 479 g/mol. The maximum absolute atomic E-state index is 13.1. The van der Waals surface area contributed by atoms with Gasteiger partial charge in [-0.15, -0.1) is 13.2 Å². The molecule has 2 aromatic heterocycles. The fraction of sp³-hybridized carbons (Fsp3) is 0.280. The van der Waals surface area contributed by atoms with Gasteiger partial charge in [-0.2, -0.15) is 0 Å². The van der Waals surface area contributed by atoms with E-state index >= 15 is 0 Å². The molecule has 0 radical (unpaired) electrons. The van der Waals surface area contributed by atoms with E-state index in [0.29, 0.717) is 11.6 Å². The van der Waals surface area contributed by atoms with Crippen molar-refractivity contribution in [2.75, 3.05) is 12.4 Å². The van der Waals surface area contributed by atoms with E-state index in [-0.39, 0.29) is 40.2 Å². The number of carbonyl (C=O) groups excluding carboxylic acids is 2. The van der Waals surface area contributed by atoms with Gasteiger partial charge in [-0.3, -0.25) is 19.6 Å². The van der Waals surface area contributed by atoms with E-state index < -0.39 is 18.0 Å². The molecule has 0 unspecified atom stereocenters. The Morgan fingerprint density at radius 1 is 1.06 bits per heavy atom. The second kappa shape index (κ2) is 9.84. The zero-order valence-electron chi connectivity index (χ0n) is 19.6. The van der Waals surface area contributed by atoms with Crippen LogP contribution in [0.2, 0.25) is 0 Å². The Bertz CT molecular complexity index is 1310. The number of hydrogen-bond donors (Lipinski definition) is 1. The molecule has 1 aliphatic carbocycles. The topological polar surface area (TPSA) is 99.6 Å². The minimum Gasteiger partial charge on any atom is -0.493 e. The summed E-state index contributed by atoms with van der Waals surface area (Å²) >= 11 is 0. The third kappa shape index (κ3) is 5.91. The second-order valence-electron chi connectivity index (χ2n) is 8.33. The lowest BCUT2D eigenvalue weighted by molar-refractivity contribution is -0.274. The zero-order chi connectivity index (χ0) is 26.0. The lowest BCUT2D eigenvalue weighted by Gasteiger charge is -2.16. The quantitative estimate of drug-likeness (QED) is 0.392. The number of methoxy groups -OCH3 is 1. The molecule has 2 heterocycles. The molecule has 2 atom stereocenters. The van der Waals surface area contributed by atoms with Gasteiger partial charge in [0.2, 0.25) is 0 Å². The molecule has 1 N–H and O–H groups in total. The van der Waals surface area contributed by atoms with E-state index in [1.807, 2.05) is 0 Å². The van der Waals surface area contributed by atoms with E-state index in [2.05, 4.69) is 26.9 Å². The maximum atomic E-state index is 13.1. The van der Waals surface area contributed by atoms with Gasteiger partial charge in [0.15, 0.2) is 17.3 Å². The molecule has 188 valence electrons. The van der Waals surface area contributed by atoms with Crippen LogP contribution in [0.1, 0.15) is 52.7 Å². The average molecular weight is 501 g/mol. The zero-order valence-corrected chi connectivity index (χ0v) is 19.6. The number of pyridine rings is 2. The van der Waals surface area contributed by atoms with Crippen LogP contribution in [0.3, 0.4) is 0 Å². The lowest BCUT2D eigenvalue weighted by atomic mass is 10.1. The number of nitrogens with one attached hydrogen (secondary N) is 1. The normalized spacial score (nSPS) is 16.7. The summed E-state index contributed by atoms with van der Waals surface area (Å²) in [5.74, 6) is -0.473. The largest absolute Gasteiger partial charge is 0.573 e. The molecule has 1 aromatic carbocycles. The summed E-state index contributed by atoms with van der Waals surface area (Å²) in [6, 6.07) is 7.97. The number of anilines is 1. The predicted molar refractivity (Wildman–Crippen MR) is 123 cm³/mol. The Balaban J connectivity index is 1.66. The van der Waals surface area contributed by atoms with Crippen molar-refractivity contribution < 1.29 is 37.0 Å². The maximum Gasteiger partial charge on any atom is 0.573 e. The van der Waals surface area contributed by atoms with Gasteiger partial charge in [0.05, 0.1) is 7.11 Å². The number of ketones is 1. The molecule has 0 aliphatic heterocycles. The number of alkyl halides is 3. The highest BCUT2D eigenvalue weighted by Crippen LogP contribution is 2.47. The number of nitrogens with zero attached hydrogens (tertiary/aromatic N) is 2. The molecule has 4 rings (SSSR count). The van der Waals surface area contributed by atoms with Crippen LogP contribution in [0.25, 0.3) is 0 Å². The Morgan fingerprint density at radius 2 is 1.81 bits per heavy atom. The smallest absolute Gasteiger partial charge is 0.493 e. The number of Topliss-reactive ketones (excluding diaryl/α,β-unsaturated/α-hetero) is 1. The van der Waals surface area contributed by atoms with Crippen molar-refractivity contribution in [1.82, 2.24) is 9.97 Å². The minimum absolute atomic E-state index is 0.0264. The second-order valence-corrected chi connectivity index (χ2v) is 8.33. The molecule has 36 heavy (non-hydrogen) atoms. The summed E-state index contributed by atoms with van der Waals surface area (Å²) in [6.45, 7) is 3.44. The molecule has 0 spiro atoms. The van der Waals surface area contributed by atoms with Crippen LogP contribution < -0.4 is 19.5 Å². The number of hydrogen-bond acceptors (Lipinski definition) is 7. The molecule has 8 nitrogen and oxygen atoms in total. The third-order valence-corrected chi connectivity index (χ3v) is 5.59. The summed E-state index contributed by atoms with van der Waals surface area (Å²) in [7, 11) is 1.27. The van der Waals surface area contributed by atoms with Gasteiger partial charge in [-0.1, -0.05) is 6.92 Å². The third-order valence-electron chi connectivity index (χ3n) is 5.59. The van der Waals surface area contributed by atoms with Crippen LogP contribution in [0.5, 0.6) is 23.0 Å². The van der Waals surface area contributed by atoms with E-state index in [0.717, 1.165) is 24.2 Å². The highest BCUT2D eigenvalue weighted by molar-refractivity contribution is 6.06. The number of rotatable bonds is 8. The first-order valence-corrected chi connectivity index (χ1v) is 10.9. The standard InChI is InChI=1S/C25H22F3N3O5/c1-13-8-17(13)20-11-22(35-21-5-4-16(10-23(21)34-3)36-25(26,27)28)18(12-30-20)24(33)31-15-6-7-29-19(9-15)14(2)32/h4-7,9-13,17H,8H2,1-3H3,(H,29,31,33)/t13-,17-/m0/s1. The Kier molecular flexibility index (Phi) is 6.82. The number of ether oxygens (including phenoxy) is 3. The lowest BCUT2D eigenvalue weighted by Crippen LogP contribution is -2.17. The van der Waals surface area contributed by atoms with Crippen LogP contribution in [0.4, 0.5) is 18.9 Å². The SMILES string of the molecule is COc1cc(OC(F)(F)F)ccc1Oc1cc([C@H]2C[C@@H]2C)ncc1C(=O)Nc1ccnc(C(C)=O)c1. The summed E-state index contributed by atoms with van der Waals surface area (Å²) in [4.78, 5) is 33.1. The highest BCUT2D eigenvalue weighted by atomic mass is 19.4. The van der Waals surface area contributed by atoms with Gasteiger partial charge in [0.1, 0.15) is 22.8 Å². The summed E-state index contributed by atoms with van der Waals surface area (Å²) in [5.41, 5.74) is 1.34. The van der Waals surface area contributed by atoms with Crippen LogP contribution >= 0.6 is 0 Å². The summed E-state index contributed by atoms with van der Waals surface area (Å²) in [5, 5.41) is 2.69. The molecule has 0 saturated heterocycles. The Hall–Kier alpha value is -4.15. The van der Waals surface area contributed by atoms with Crippen molar-refractivity contribution in [3.8, 4) is 23.0 Å². The molecule has 0 bridgehead atoms. The van der Waals surface area contributed by atoms with Crippen molar-refractivity contribution >= 4 is 17.4 Å². The van der Waals surface area contributed by atoms with E-state index in [1.165, 1.54) is 44.6 Å². The summed E-state index contributed by atoms with van der Waals surface area (Å²) in [6.07, 6.45) is -1.15. The van der Waals surface area contributed by atoms with Crippen molar-refractivity contribution in [2.45, 2.75) is 32.5 Å². The highest BCUT2D eigenvalue weighted by Gasteiger charge is 2.36. The average Bonchev–Trinajstić information content (AvgIpc) is 3.55. The fourth-order valence-corrected chi connectivity index (χ4v) is 3.59. The van der Waals surface area contributed by atoms with Crippen molar-refractivity contribution in [3.63, 3.8) is 0 Å². The number of amides is 1. The van der Waals surface area contributed by atoms with Crippen LogP contribution in [0.15, 0.2) is 48.8 Å². The molecule has 11 heteroatoms. The van der Waals surface area contributed by atoms with Crippen molar-refractivity contribution in [2.24, 2.45) is 5.92 Å². The van der Waals surface area contributed by atoms with Crippen molar-refractivity contribution in [1.29, 1.82) is 0 Å². The molecule has 1 aliphatic rings. The number of aromatic nitrogens is 2. The first kappa shape index (κ1) is 25.0. The monoisotopic (exact) mass is 501 g/mol. The van der Waals surface area contributed by atoms with Gasteiger partial charge in [0, 0.05) is 48.7 Å². The number of halogens is 3. The van der Waals surface area contributed by atoms with Gasteiger partial charge in [0.25, 0.3) is 5.91 Å². The van der Waals surface area contributed by atoms with E-state index in [4.69, 9.17) is 9.47 Å². The van der Waals surface area contributed by atoms with Gasteiger partial charge in [-0.05, 0) is 36.6 Å². The van der Waals surface area contributed by atoms with Crippen molar-refractivity contribution in [3.05, 3.63) is 65.7 Å². The molecule has 1 amide bonds. The van der Waals surface area contributed by atoms with Crippen LogP contribution in [-0.4, -0.2) is 35.1 Å². The Morgan fingerprint density at radius 3 is 2.44 bits per heavy atom. The summed E-state index contributed by atoms with van der Waals surface area (Å²) < 4.78 is 52.9. The molecule has 3 aromatic rings. The van der Waals surface area contributed by atoms with Gasteiger partial charge >= 0.3 is 6.36 Å². The fourth-order valence-electron chi connectivity index (χ4n) is 3.59. The first-order chi connectivity index (χ1) is 17.0. The van der Waals surface area contributed by atoms with Gasteiger partial charge < -0.3 is 19.5 Å². The number of carbonyl (C=O) groups is 2. The van der Waals surface area contributed by atoms with E-state index in [9.17, 15) is 22.8 Å². The Labute approximate surface area is 204 Å². The van der Waals surface area contributed by atoms with Crippen LogP contribution in [0, 0.1) is 5.92 Å². The first-order valence-electron chi connectivity index (χ1n) is 10.9. The minimum atomic E-state index is -4.87. The number of benzene rings is 1. The predicted octanol–water partition coefficient (Wildman–Crippen LogP) is 5.75. The van der Waals surface area contributed by atoms with E-state index in [1.54, 1.807) is 6.07 Å². The molecule has 1 fully saturated rings. The van der Waals surface area contributed by atoms with Crippen LogP contribution in [-0.2, 0) is 0 Å². The molecular formula is C25H22F3N3O5.